The van der Waals surface area contributed by atoms with E-state index in [1.54, 1.807) is 23.1 Å². The number of benzene rings is 3. The molecule has 0 spiro atoms. The van der Waals surface area contributed by atoms with Crippen LogP contribution in [0.4, 0.5) is 10.1 Å². The predicted octanol–water partition coefficient (Wildman–Crippen LogP) is 6.50. The molecular formula is C32H34FN3O2S. The highest BCUT2D eigenvalue weighted by molar-refractivity contribution is 8.04. The summed E-state index contributed by atoms with van der Waals surface area (Å²) in [5, 5.41) is 3.06. The number of nitrogens with one attached hydrogen (secondary N) is 1. The molecule has 2 amide bonds. The van der Waals surface area contributed by atoms with E-state index >= 15 is 0 Å². The van der Waals surface area contributed by atoms with Crippen LogP contribution in [0.2, 0.25) is 0 Å². The van der Waals surface area contributed by atoms with Crippen LogP contribution in [-0.2, 0) is 11.3 Å². The number of rotatable bonds is 8. The predicted molar refractivity (Wildman–Crippen MR) is 156 cm³/mol. The van der Waals surface area contributed by atoms with Crippen molar-refractivity contribution < 1.29 is 14.0 Å². The van der Waals surface area contributed by atoms with E-state index in [4.69, 9.17) is 0 Å². The molecule has 2 aliphatic heterocycles. The van der Waals surface area contributed by atoms with Crippen molar-refractivity contribution in [1.82, 2.24) is 10.2 Å². The van der Waals surface area contributed by atoms with Gasteiger partial charge in [0.1, 0.15) is 5.82 Å². The molecule has 0 unspecified atom stereocenters. The minimum Gasteiger partial charge on any atom is -0.352 e. The molecule has 0 aliphatic carbocycles. The Bertz CT molecular complexity index is 1320. The number of nitrogens with zero attached hydrogens (tertiary/aromatic N) is 2. The number of carbonyl (C=O) groups is 2. The van der Waals surface area contributed by atoms with Gasteiger partial charge in [0.25, 0.3) is 11.8 Å². The molecule has 3 aromatic carbocycles. The van der Waals surface area contributed by atoms with Crippen LogP contribution >= 0.6 is 11.8 Å². The standard InChI is InChI=1S/C32H34FN3O2S/c33-27-14-11-25(12-15-27)23-36-28-22-26(31(37)34-17-8-20-35-18-6-1-2-7-19-35)13-16-29(28)39-30(32(36)38)21-24-9-4-3-5-10-24/h3-5,9-16,21-22H,1-2,6-8,17-20,23H2,(H,34,37)/b30-21-. The Hall–Kier alpha value is -3.42. The van der Waals surface area contributed by atoms with Gasteiger partial charge in [0, 0.05) is 17.0 Å². The number of amides is 2. The maximum Gasteiger partial charge on any atom is 0.265 e. The molecule has 39 heavy (non-hydrogen) atoms. The number of carbonyl (C=O) groups excluding carboxylic acids is 2. The Morgan fingerprint density at radius 2 is 1.69 bits per heavy atom. The summed E-state index contributed by atoms with van der Waals surface area (Å²) in [6.07, 6.45) is 7.94. The first-order valence-corrected chi connectivity index (χ1v) is 14.5. The van der Waals surface area contributed by atoms with Gasteiger partial charge in [-0.2, -0.15) is 0 Å². The Morgan fingerprint density at radius 1 is 0.949 bits per heavy atom. The van der Waals surface area contributed by atoms with Crippen LogP contribution in [0.5, 0.6) is 0 Å². The van der Waals surface area contributed by atoms with Crippen molar-refractivity contribution in [2.45, 2.75) is 43.5 Å². The third-order valence-electron chi connectivity index (χ3n) is 7.17. The number of likely N-dealkylation sites (tertiary alicyclic amines) is 1. The summed E-state index contributed by atoms with van der Waals surface area (Å²) < 4.78 is 13.5. The van der Waals surface area contributed by atoms with Gasteiger partial charge in [0.15, 0.2) is 0 Å². The van der Waals surface area contributed by atoms with E-state index < -0.39 is 0 Å². The van der Waals surface area contributed by atoms with Crippen molar-refractivity contribution in [2.24, 2.45) is 0 Å². The summed E-state index contributed by atoms with van der Waals surface area (Å²) in [6.45, 7) is 4.19. The van der Waals surface area contributed by atoms with Gasteiger partial charge in [-0.05, 0) is 86.4 Å². The summed E-state index contributed by atoms with van der Waals surface area (Å²) in [6, 6.07) is 21.4. The molecule has 5 nitrogen and oxygen atoms in total. The second kappa shape index (κ2) is 13.1. The lowest BCUT2D eigenvalue weighted by molar-refractivity contribution is -0.114. The molecule has 0 aromatic heterocycles. The minimum absolute atomic E-state index is 0.140. The fourth-order valence-electron chi connectivity index (χ4n) is 5.05. The molecule has 0 bridgehead atoms. The van der Waals surface area contributed by atoms with E-state index in [0.29, 0.717) is 22.7 Å². The van der Waals surface area contributed by atoms with Gasteiger partial charge < -0.3 is 15.1 Å². The van der Waals surface area contributed by atoms with E-state index in [-0.39, 0.29) is 24.2 Å². The third kappa shape index (κ3) is 7.16. The summed E-state index contributed by atoms with van der Waals surface area (Å²) in [4.78, 5) is 32.4. The van der Waals surface area contributed by atoms with Gasteiger partial charge in [-0.15, -0.1) is 0 Å². The lowest BCUT2D eigenvalue weighted by atomic mass is 10.1. The first kappa shape index (κ1) is 27.2. The van der Waals surface area contributed by atoms with Crippen molar-refractivity contribution in [2.75, 3.05) is 31.1 Å². The highest BCUT2D eigenvalue weighted by Gasteiger charge is 2.30. The largest absolute Gasteiger partial charge is 0.352 e. The molecule has 0 atom stereocenters. The molecular weight excluding hydrogens is 509 g/mol. The smallest absolute Gasteiger partial charge is 0.265 e. The van der Waals surface area contributed by atoms with Crippen molar-refractivity contribution in [1.29, 1.82) is 0 Å². The first-order chi connectivity index (χ1) is 19.1. The molecule has 2 aliphatic rings. The minimum atomic E-state index is -0.320. The molecule has 3 aromatic rings. The lowest BCUT2D eigenvalue weighted by Crippen LogP contribution is -2.34. The molecule has 202 valence electrons. The molecule has 7 heteroatoms. The van der Waals surface area contributed by atoms with Crippen molar-refractivity contribution >= 4 is 35.3 Å². The van der Waals surface area contributed by atoms with Crippen molar-refractivity contribution in [3.8, 4) is 0 Å². The Balaban J connectivity index is 1.33. The van der Waals surface area contributed by atoms with Crippen LogP contribution in [0.3, 0.4) is 0 Å². The normalized spacial score (nSPS) is 17.1. The van der Waals surface area contributed by atoms with E-state index in [9.17, 15) is 14.0 Å². The fraction of sp³-hybridized carbons (Fsp3) is 0.312. The van der Waals surface area contributed by atoms with E-state index in [1.807, 2.05) is 48.5 Å². The van der Waals surface area contributed by atoms with Crippen LogP contribution in [-0.4, -0.2) is 42.9 Å². The van der Waals surface area contributed by atoms with Gasteiger partial charge in [0.05, 0.1) is 17.1 Å². The second-order valence-corrected chi connectivity index (χ2v) is 11.2. The first-order valence-electron chi connectivity index (χ1n) is 13.7. The number of anilines is 1. The van der Waals surface area contributed by atoms with Crippen LogP contribution in [0, 0.1) is 5.82 Å². The molecule has 5 rings (SSSR count). The monoisotopic (exact) mass is 543 g/mol. The Morgan fingerprint density at radius 3 is 2.44 bits per heavy atom. The van der Waals surface area contributed by atoms with Gasteiger partial charge in [-0.1, -0.05) is 67.1 Å². The molecule has 1 fully saturated rings. The molecule has 0 radical (unpaired) electrons. The van der Waals surface area contributed by atoms with Gasteiger partial charge in [-0.25, -0.2) is 4.39 Å². The van der Waals surface area contributed by atoms with Crippen LogP contribution in [0.1, 0.15) is 53.6 Å². The average molecular weight is 544 g/mol. The van der Waals surface area contributed by atoms with Gasteiger partial charge in [-0.3, -0.25) is 9.59 Å². The van der Waals surface area contributed by atoms with Crippen molar-refractivity contribution in [3.63, 3.8) is 0 Å². The maximum absolute atomic E-state index is 13.7. The number of halogens is 1. The van der Waals surface area contributed by atoms with Crippen molar-refractivity contribution in [3.05, 3.63) is 100 Å². The van der Waals surface area contributed by atoms with E-state index in [2.05, 4.69) is 10.2 Å². The summed E-state index contributed by atoms with van der Waals surface area (Å²) in [5.74, 6) is -0.603. The molecule has 1 saturated heterocycles. The third-order valence-corrected chi connectivity index (χ3v) is 8.25. The SMILES string of the molecule is O=C(NCCCN1CCCCCC1)c1ccc2c(c1)N(Cc1ccc(F)cc1)C(=O)/C(=C/c1ccccc1)S2. The van der Waals surface area contributed by atoms with E-state index in [0.717, 1.165) is 42.1 Å². The van der Waals surface area contributed by atoms with Gasteiger partial charge >= 0.3 is 0 Å². The van der Waals surface area contributed by atoms with E-state index in [1.165, 1.54) is 49.6 Å². The number of fused-ring (bicyclic) bond motifs is 1. The number of hydrogen-bond donors (Lipinski definition) is 1. The van der Waals surface area contributed by atoms with Crippen LogP contribution in [0.15, 0.2) is 82.6 Å². The topological polar surface area (TPSA) is 52.7 Å². The highest BCUT2D eigenvalue weighted by atomic mass is 32.2. The number of hydrogen-bond acceptors (Lipinski definition) is 4. The molecule has 0 saturated carbocycles. The van der Waals surface area contributed by atoms with Crippen LogP contribution < -0.4 is 10.2 Å². The zero-order chi connectivity index (χ0) is 27.0. The second-order valence-electron chi connectivity index (χ2n) is 10.1. The average Bonchev–Trinajstić information content (AvgIpc) is 3.23. The highest BCUT2D eigenvalue weighted by Crippen LogP contribution is 2.43. The Kier molecular flexibility index (Phi) is 9.12. The fourth-order valence-corrected chi connectivity index (χ4v) is 6.09. The lowest BCUT2D eigenvalue weighted by Gasteiger charge is -2.31. The van der Waals surface area contributed by atoms with Gasteiger partial charge in [0.2, 0.25) is 0 Å². The summed E-state index contributed by atoms with van der Waals surface area (Å²) >= 11 is 1.41. The maximum atomic E-state index is 13.7. The summed E-state index contributed by atoms with van der Waals surface area (Å²) in [7, 11) is 0. The zero-order valence-electron chi connectivity index (χ0n) is 22.1. The van der Waals surface area contributed by atoms with Crippen LogP contribution in [0.25, 0.3) is 6.08 Å². The zero-order valence-corrected chi connectivity index (χ0v) is 22.9. The quantitative estimate of drug-likeness (QED) is 0.260. The molecule has 1 N–H and O–H groups in total. The molecule has 2 heterocycles. The Labute approximate surface area is 234 Å². The number of thioether (sulfide) groups is 1. The summed E-state index contributed by atoms with van der Waals surface area (Å²) in [5.41, 5.74) is 2.97.